The Morgan fingerprint density at radius 1 is 1.25 bits per heavy atom. The van der Waals surface area contributed by atoms with E-state index in [9.17, 15) is 9.90 Å². The first-order chi connectivity index (χ1) is 9.35. The molecule has 112 valence electrons. The highest BCUT2D eigenvalue weighted by Crippen LogP contribution is 2.28. The Hall–Kier alpha value is -1.75. The van der Waals surface area contributed by atoms with Gasteiger partial charge in [-0.05, 0) is 45.9 Å². The lowest BCUT2D eigenvalue weighted by Crippen LogP contribution is -2.45. The van der Waals surface area contributed by atoms with Crippen molar-refractivity contribution in [3.63, 3.8) is 0 Å². The standard InChI is InChI=1S/C15H24N2O3/c1-9(2)16-15(19)11(4)17-10(3)13-8-12(20-5)6-7-14(13)18/h6-11,17-18H,1-5H3,(H,16,19). The van der Waals surface area contributed by atoms with Gasteiger partial charge in [-0.15, -0.1) is 0 Å². The van der Waals surface area contributed by atoms with Crippen LogP contribution in [0, 0.1) is 0 Å². The van der Waals surface area contributed by atoms with E-state index in [0.717, 1.165) is 0 Å². The third kappa shape index (κ3) is 4.42. The largest absolute Gasteiger partial charge is 0.508 e. The number of aromatic hydroxyl groups is 1. The maximum atomic E-state index is 11.9. The minimum Gasteiger partial charge on any atom is -0.508 e. The summed E-state index contributed by atoms with van der Waals surface area (Å²) in [5, 5.41) is 15.9. The van der Waals surface area contributed by atoms with Gasteiger partial charge in [0.2, 0.25) is 5.91 Å². The van der Waals surface area contributed by atoms with Crippen LogP contribution in [0.4, 0.5) is 0 Å². The normalized spacial score (nSPS) is 13.9. The van der Waals surface area contributed by atoms with Gasteiger partial charge < -0.3 is 15.2 Å². The number of benzene rings is 1. The van der Waals surface area contributed by atoms with Crippen molar-refractivity contribution in [2.75, 3.05) is 7.11 Å². The molecule has 1 aromatic rings. The number of phenols is 1. The summed E-state index contributed by atoms with van der Waals surface area (Å²) in [5.41, 5.74) is 0.702. The van der Waals surface area contributed by atoms with Gasteiger partial charge in [-0.1, -0.05) is 0 Å². The van der Waals surface area contributed by atoms with Crippen LogP contribution >= 0.6 is 0 Å². The lowest BCUT2D eigenvalue weighted by atomic mass is 10.1. The number of hydrogen-bond donors (Lipinski definition) is 3. The zero-order valence-corrected chi connectivity index (χ0v) is 12.7. The highest BCUT2D eigenvalue weighted by atomic mass is 16.5. The molecule has 1 aromatic carbocycles. The zero-order chi connectivity index (χ0) is 15.3. The molecular formula is C15H24N2O3. The van der Waals surface area contributed by atoms with Crippen LogP contribution < -0.4 is 15.4 Å². The third-order valence-corrected chi connectivity index (χ3v) is 3.03. The summed E-state index contributed by atoms with van der Waals surface area (Å²) in [5.74, 6) is 0.794. The first-order valence-corrected chi connectivity index (χ1v) is 6.78. The Kier molecular flexibility index (Phi) is 5.82. The number of ether oxygens (including phenoxy) is 1. The molecule has 0 aliphatic heterocycles. The van der Waals surface area contributed by atoms with Crippen molar-refractivity contribution in [2.45, 2.75) is 45.8 Å². The number of hydrogen-bond acceptors (Lipinski definition) is 4. The maximum Gasteiger partial charge on any atom is 0.237 e. The molecule has 1 amide bonds. The third-order valence-electron chi connectivity index (χ3n) is 3.03. The second-order valence-electron chi connectivity index (χ2n) is 5.20. The van der Waals surface area contributed by atoms with Crippen molar-refractivity contribution in [1.82, 2.24) is 10.6 Å². The first-order valence-electron chi connectivity index (χ1n) is 6.78. The highest BCUT2D eigenvalue weighted by molar-refractivity contribution is 5.81. The van der Waals surface area contributed by atoms with E-state index < -0.39 is 0 Å². The maximum absolute atomic E-state index is 11.9. The van der Waals surface area contributed by atoms with Gasteiger partial charge in [0, 0.05) is 17.6 Å². The Morgan fingerprint density at radius 2 is 1.90 bits per heavy atom. The fourth-order valence-corrected chi connectivity index (χ4v) is 1.96. The summed E-state index contributed by atoms with van der Waals surface area (Å²) < 4.78 is 5.15. The molecule has 0 aromatic heterocycles. The van der Waals surface area contributed by atoms with Gasteiger partial charge >= 0.3 is 0 Å². The molecule has 0 saturated heterocycles. The molecule has 5 heteroatoms. The average molecular weight is 280 g/mol. The molecule has 0 fully saturated rings. The molecule has 2 unspecified atom stereocenters. The predicted molar refractivity (Wildman–Crippen MR) is 79.0 cm³/mol. The minimum absolute atomic E-state index is 0.0609. The summed E-state index contributed by atoms with van der Waals surface area (Å²) in [4.78, 5) is 11.9. The smallest absolute Gasteiger partial charge is 0.237 e. The van der Waals surface area contributed by atoms with Crippen LogP contribution in [-0.4, -0.2) is 30.2 Å². The van der Waals surface area contributed by atoms with E-state index in [1.54, 1.807) is 32.2 Å². The van der Waals surface area contributed by atoms with Crippen molar-refractivity contribution >= 4 is 5.91 Å². The molecule has 0 aliphatic carbocycles. The van der Waals surface area contributed by atoms with Crippen LogP contribution in [0.5, 0.6) is 11.5 Å². The van der Waals surface area contributed by atoms with Gasteiger partial charge in [-0.2, -0.15) is 0 Å². The Balaban J connectivity index is 2.75. The second-order valence-corrected chi connectivity index (χ2v) is 5.20. The van der Waals surface area contributed by atoms with Crippen molar-refractivity contribution < 1.29 is 14.6 Å². The number of nitrogens with one attached hydrogen (secondary N) is 2. The molecule has 0 aliphatic rings. The number of amides is 1. The van der Waals surface area contributed by atoms with E-state index in [2.05, 4.69) is 10.6 Å². The van der Waals surface area contributed by atoms with Crippen LogP contribution in [0.3, 0.4) is 0 Å². The molecule has 0 radical (unpaired) electrons. The molecule has 2 atom stereocenters. The van der Waals surface area contributed by atoms with Crippen molar-refractivity contribution in [3.8, 4) is 11.5 Å². The number of methoxy groups -OCH3 is 1. The van der Waals surface area contributed by atoms with Gasteiger partial charge in [0.25, 0.3) is 0 Å². The highest BCUT2D eigenvalue weighted by Gasteiger charge is 2.19. The molecule has 0 spiro atoms. The van der Waals surface area contributed by atoms with E-state index in [1.165, 1.54) is 0 Å². The van der Waals surface area contributed by atoms with Crippen LogP contribution in [0.2, 0.25) is 0 Å². The molecule has 1 rings (SSSR count). The van der Waals surface area contributed by atoms with Crippen molar-refractivity contribution in [3.05, 3.63) is 23.8 Å². The monoisotopic (exact) mass is 280 g/mol. The van der Waals surface area contributed by atoms with Gasteiger partial charge in [-0.25, -0.2) is 0 Å². The number of carbonyl (C=O) groups is 1. The van der Waals surface area contributed by atoms with Crippen LogP contribution in [0.1, 0.15) is 39.3 Å². The van der Waals surface area contributed by atoms with E-state index in [0.29, 0.717) is 11.3 Å². The average Bonchev–Trinajstić information content (AvgIpc) is 2.38. The lowest BCUT2D eigenvalue weighted by Gasteiger charge is -2.22. The Morgan fingerprint density at radius 3 is 2.45 bits per heavy atom. The van der Waals surface area contributed by atoms with E-state index in [4.69, 9.17) is 4.74 Å². The van der Waals surface area contributed by atoms with Gasteiger partial charge in [0.1, 0.15) is 11.5 Å². The number of rotatable bonds is 6. The second kappa shape index (κ2) is 7.14. The molecule has 0 saturated carbocycles. The summed E-state index contributed by atoms with van der Waals surface area (Å²) in [6.45, 7) is 7.53. The van der Waals surface area contributed by atoms with Gasteiger partial charge in [-0.3, -0.25) is 10.1 Å². The van der Waals surface area contributed by atoms with Crippen LogP contribution in [0.25, 0.3) is 0 Å². The summed E-state index contributed by atoms with van der Waals surface area (Å²) in [6, 6.07) is 4.63. The van der Waals surface area contributed by atoms with Crippen LogP contribution in [0.15, 0.2) is 18.2 Å². The van der Waals surface area contributed by atoms with Crippen LogP contribution in [-0.2, 0) is 4.79 Å². The lowest BCUT2D eigenvalue weighted by molar-refractivity contribution is -0.123. The van der Waals surface area contributed by atoms with Gasteiger partial charge in [0.05, 0.1) is 13.2 Å². The molecule has 5 nitrogen and oxygen atoms in total. The predicted octanol–water partition coefficient (Wildman–Crippen LogP) is 1.96. The summed E-state index contributed by atoms with van der Waals surface area (Å²) >= 11 is 0. The number of phenolic OH excluding ortho intramolecular Hbond substituents is 1. The summed E-state index contributed by atoms with van der Waals surface area (Å²) in [6.07, 6.45) is 0. The Bertz CT molecular complexity index is 460. The first kappa shape index (κ1) is 16.3. The van der Waals surface area contributed by atoms with Crippen molar-refractivity contribution in [2.24, 2.45) is 0 Å². The fraction of sp³-hybridized carbons (Fsp3) is 0.533. The Labute approximate surface area is 120 Å². The summed E-state index contributed by atoms with van der Waals surface area (Å²) in [7, 11) is 1.58. The topological polar surface area (TPSA) is 70.6 Å². The minimum atomic E-state index is -0.349. The van der Waals surface area contributed by atoms with E-state index >= 15 is 0 Å². The fourth-order valence-electron chi connectivity index (χ4n) is 1.96. The van der Waals surface area contributed by atoms with E-state index in [1.807, 2.05) is 20.8 Å². The quantitative estimate of drug-likeness (QED) is 0.745. The number of carbonyl (C=O) groups excluding carboxylic acids is 1. The molecular weight excluding hydrogens is 256 g/mol. The zero-order valence-electron chi connectivity index (χ0n) is 12.7. The molecule has 20 heavy (non-hydrogen) atoms. The molecule has 0 bridgehead atoms. The molecule has 0 heterocycles. The molecule has 3 N–H and O–H groups in total. The SMILES string of the molecule is COc1ccc(O)c(C(C)NC(C)C(=O)NC(C)C)c1. The van der Waals surface area contributed by atoms with Crippen molar-refractivity contribution in [1.29, 1.82) is 0 Å². The van der Waals surface area contributed by atoms with Gasteiger partial charge in [0.15, 0.2) is 0 Å². The van der Waals surface area contributed by atoms with E-state index in [-0.39, 0.29) is 29.8 Å².